The van der Waals surface area contributed by atoms with Crippen LogP contribution in [-0.4, -0.2) is 52.1 Å². The van der Waals surface area contributed by atoms with Crippen LogP contribution < -0.4 is 15.5 Å². The van der Waals surface area contributed by atoms with Gasteiger partial charge in [-0.05, 0) is 68.0 Å². The number of nitrogens with zero attached hydrogens (tertiary/aromatic N) is 4. The van der Waals surface area contributed by atoms with Crippen LogP contribution >= 0.6 is 23.1 Å². The normalized spacial score (nSPS) is 20.6. The summed E-state index contributed by atoms with van der Waals surface area (Å²) in [7, 11) is 0. The lowest BCUT2D eigenvalue weighted by molar-refractivity contribution is 0.0636. The number of ether oxygens (including phenoxy) is 2. The van der Waals surface area contributed by atoms with Crippen molar-refractivity contribution in [2.45, 2.75) is 96.9 Å². The first-order chi connectivity index (χ1) is 23.2. The molecule has 258 valence electrons. The van der Waals surface area contributed by atoms with Crippen molar-refractivity contribution >= 4 is 61.0 Å². The monoisotopic (exact) mass is 706 g/mol. The van der Waals surface area contributed by atoms with Gasteiger partial charge in [0.05, 0.1) is 29.7 Å². The van der Waals surface area contributed by atoms with Gasteiger partial charge in [-0.15, -0.1) is 11.3 Å². The van der Waals surface area contributed by atoms with Crippen molar-refractivity contribution in [1.29, 1.82) is 5.26 Å². The number of carbonyl (C=O) groups excluding carboxylic acids is 1. The van der Waals surface area contributed by atoms with E-state index in [4.69, 9.17) is 19.4 Å². The summed E-state index contributed by atoms with van der Waals surface area (Å²) in [6.07, 6.45) is 1.20. The van der Waals surface area contributed by atoms with Crippen LogP contribution in [0.1, 0.15) is 78.0 Å². The van der Waals surface area contributed by atoms with Crippen LogP contribution in [0.25, 0.3) is 32.1 Å². The molecule has 2 fully saturated rings. The van der Waals surface area contributed by atoms with E-state index in [0.717, 1.165) is 42.8 Å². The van der Waals surface area contributed by atoms with E-state index in [1.165, 1.54) is 23.9 Å². The number of nitriles is 1. The molecule has 13 heteroatoms. The topological polar surface area (TPSA) is 112 Å². The Morgan fingerprint density at radius 1 is 1.18 bits per heavy atom. The zero-order chi connectivity index (χ0) is 35.0. The Morgan fingerprint density at radius 3 is 2.63 bits per heavy atom. The number of carbonyl (C=O) groups is 1. The van der Waals surface area contributed by atoms with E-state index in [0.29, 0.717) is 32.4 Å². The number of hydrogen-bond acceptors (Lipinski definition) is 10. The number of piperazine rings is 1. The van der Waals surface area contributed by atoms with Crippen molar-refractivity contribution in [3.63, 3.8) is 0 Å². The summed E-state index contributed by atoms with van der Waals surface area (Å²) in [5.74, 6) is 0.00590. The van der Waals surface area contributed by atoms with E-state index < -0.39 is 23.3 Å². The second-order valence-electron chi connectivity index (χ2n) is 14.9. The van der Waals surface area contributed by atoms with E-state index >= 15 is 8.78 Å². The summed E-state index contributed by atoms with van der Waals surface area (Å²) in [6.45, 7) is 15.7. The molecule has 0 spiro atoms. The van der Waals surface area contributed by atoms with E-state index in [2.05, 4.69) is 42.4 Å². The molecule has 0 saturated carbocycles. The maximum Gasteiger partial charge on any atom is 0.412 e. The van der Waals surface area contributed by atoms with Crippen LogP contribution in [-0.2, 0) is 22.7 Å². The van der Waals surface area contributed by atoms with Gasteiger partial charge in [-0.1, -0.05) is 39.5 Å². The molecule has 49 heavy (non-hydrogen) atoms. The second kappa shape index (κ2) is 12.0. The zero-order valence-corrected chi connectivity index (χ0v) is 30.4. The van der Waals surface area contributed by atoms with Crippen LogP contribution in [0.4, 0.5) is 24.4 Å². The Labute approximate surface area is 292 Å². The molecule has 2 aromatic carbocycles. The lowest BCUT2D eigenvalue weighted by atomic mass is 9.71. The Balaban J connectivity index is 1.51. The number of amides is 1. The molecule has 5 heterocycles. The van der Waals surface area contributed by atoms with Crippen LogP contribution in [0.2, 0.25) is 0 Å². The SMILES string of the molecule is CCSc1nc(N2C3CCC2(C(C)(C)C)CNC3)c2c3c(c(-c4c(F)ccc5sc(NC(=O)OC(C)(C)C)c(C#N)c45)c(F)c2n1)COC3. The van der Waals surface area contributed by atoms with Gasteiger partial charge in [0.1, 0.15) is 33.8 Å². The van der Waals surface area contributed by atoms with Crippen LogP contribution in [0, 0.1) is 28.4 Å². The van der Waals surface area contributed by atoms with Crippen molar-refractivity contribution in [1.82, 2.24) is 15.3 Å². The van der Waals surface area contributed by atoms with Gasteiger partial charge >= 0.3 is 6.09 Å². The standard InChI is InChI=1S/C36H40F2N6O3S2/c1-8-48-32-41-29-26(30(42-32)44-18-11-12-36(44,17-40-14-18)34(2,3)4)21-16-46-15-20(21)25(28(29)38)27-22(37)9-10-23-24(27)19(13-39)31(49-23)43-33(45)47-35(5,6)7/h9-10,18,40H,8,11-12,14-17H2,1-7H3,(H,43,45). The summed E-state index contributed by atoms with van der Waals surface area (Å²) in [6, 6.07) is 5.12. The third kappa shape index (κ3) is 5.42. The minimum Gasteiger partial charge on any atom is -0.444 e. The van der Waals surface area contributed by atoms with Crippen molar-refractivity contribution in [2.24, 2.45) is 5.41 Å². The molecule has 1 amide bonds. The third-order valence-corrected chi connectivity index (χ3v) is 11.8. The maximum absolute atomic E-state index is 17.5. The zero-order valence-electron chi connectivity index (χ0n) is 28.8. The number of halogens is 2. The van der Waals surface area contributed by atoms with Gasteiger partial charge in [0, 0.05) is 40.3 Å². The van der Waals surface area contributed by atoms with E-state index in [-0.39, 0.29) is 62.8 Å². The van der Waals surface area contributed by atoms with Crippen molar-refractivity contribution in [2.75, 3.05) is 29.1 Å². The fourth-order valence-electron chi connectivity index (χ4n) is 7.82. The number of thiophene rings is 1. The number of anilines is 2. The molecule has 2 aromatic heterocycles. The molecule has 7 rings (SSSR count). The predicted octanol–water partition coefficient (Wildman–Crippen LogP) is 8.51. The predicted molar refractivity (Wildman–Crippen MR) is 190 cm³/mol. The molecule has 0 radical (unpaired) electrons. The number of aromatic nitrogens is 2. The molecule has 3 aliphatic heterocycles. The van der Waals surface area contributed by atoms with Crippen molar-refractivity contribution < 1.29 is 23.0 Å². The van der Waals surface area contributed by atoms with E-state index in [9.17, 15) is 10.1 Å². The number of thioether (sulfide) groups is 1. The molecular formula is C36H40F2N6O3S2. The number of hydrogen-bond donors (Lipinski definition) is 2. The van der Waals surface area contributed by atoms with Crippen LogP contribution in [0.3, 0.4) is 0 Å². The summed E-state index contributed by atoms with van der Waals surface area (Å²) in [5.41, 5.74) is 0.192. The van der Waals surface area contributed by atoms with E-state index in [1.807, 2.05) is 6.92 Å². The summed E-state index contributed by atoms with van der Waals surface area (Å²) >= 11 is 2.54. The first kappa shape index (κ1) is 33.9. The highest BCUT2D eigenvalue weighted by molar-refractivity contribution is 7.99. The first-order valence-corrected chi connectivity index (χ1v) is 18.4. The van der Waals surface area contributed by atoms with Crippen molar-refractivity contribution in [3.8, 4) is 17.2 Å². The Morgan fingerprint density at radius 2 is 1.94 bits per heavy atom. The molecule has 9 nitrogen and oxygen atoms in total. The van der Waals surface area contributed by atoms with Gasteiger partial charge in [-0.3, -0.25) is 5.32 Å². The maximum atomic E-state index is 17.5. The molecule has 4 aromatic rings. The summed E-state index contributed by atoms with van der Waals surface area (Å²) in [5, 5.41) is 18.1. The molecule has 2 atom stereocenters. The molecule has 2 saturated heterocycles. The highest BCUT2D eigenvalue weighted by Gasteiger charge is 2.56. The largest absolute Gasteiger partial charge is 0.444 e. The number of rotatable bonds is 5. The van der Waals surface area contributed by atoms with Gasteiger partial charge in [-0.2, -0.15) is 5.26 Å². The minimum absolute atomic E-state index is 0.0205. The lowest BCUT2D eigenvalue weighted by Gasteiger charge is -2.53. The molecule has 2 unspecified atom stereocenters. The molecule has 2 bridgehead atoms. The molecule has 2 N–H and O–H groups in total. The average Bonchev–Trinajstić information content (AvgIpc) is 3.69. The fourth-order valence-corrected chi connectivity index (χ4v) is 9.43. The average molecular weight is 707 g/mol. The van der Waals surface area contributed by atoms with Crippen molar-refractivity contribution in [3.05, 3.63) is 40.5 Å². The highest BCUT2D eigenvalue weighted by Crippen LogP contribution is 2.53. The Hall–Kier alpha value is -3.57. The number of benzene rings is 2. The van der Waals surface area contributed by atoms with E-state index in [1.54, 1.807) is 20.8 Å². The molecular weight excluding hydrogens is 667 g/mol. The van der Waals surface area contributed by atoms with Crippen LogP contribution in [0.15, 0.2) is 17.3 Å². The van der Waals surface area contributed by atoms with Gasteiger partial charge in [0.15, 0.2) is 11.0 Å². The summed E-state index contributed by atoms with van der Waals surface area (Å²) in [4.78, 5) is 25.1. The third-order valence-electron chi connectivity index (χ3n) is 9.95. The highest BCUT2D eigenvalue weighted by atomic mass is 32.2. The van der Waals surface area contributed by atoms with Crippen LogP contribution in [0.5, 0.6) is 0 Å². The van der Waals surface area contributed by atoms with Gasteiger partial charge < -0.3 is 19.7 Å². The molecule has 3 aliphatic rings. The van der Waals surface area contributed by atoms with Gasteiger partial charge in [-0.25, -0.2) is 23.5 Å². The number of nitrogens with one attached hydrogen (secondary N) is 2. The second-order valence-corrected chi connectivity index (χ2v) is 17.2. The minimum atomic E-state index is -0.772. The van der Waals surface area contributed by atoms with Gasteiger partial charge in [0.25, 0.3) is 0 Å². The first-order valence-electron chi connectivity index (χ1n) is 16.6. The molecule has 0 aliphatic carbocycles. The Kier molecular flexibility index (Phi) is 8.33. The fraction of sp³-hybridized carbons (Fsp3) is 0.500. The smallest absolute Gasteiger partial charge is 0.412 e. The Bertz CT molecular complexity index is 2060. The lowest BCUT2D eigenvalue weighted by Crippen LogP contribution is -2.66. The van der Waals surface area contributed by atoms with Gasteiger partial charge in [0.2, 0.25) is 0 Å². The summed E-state index contributed by atoms with van der Waals surface area (Å²) < 4.78 is 45.7. The number of fused-ring (bicyclic) bond motifs is 6. The quantitative estimate of drug-likeness (QED) is 0.156.